The molecule has 0 aromatic heterocycles. The molecule has 0 saturated carbocycles. The average Bonchev–Trinajstić information content (AvgIpc) is 2.26. The maximum Gasteiger partial charge on any atom is 0.0130 e. The second-order valence-corrected chi connectivity index (χ2v) is 5.27. The second-order valence-electron chi connectivity index (χ2n) is 4.02. The van der Waals surface area contributed by atoms with Crippen LogP contribution < -0.4 is 5.32 Å². The van der Waals surface area contributed by atoms with Crippen LogP contribution in [0.5, 0.6) is 0 Å². The third-order valence-corrected chi connectivity index (χ3v) is 3.69. The number of rotatable bonds is 5. The van der Waals surface area contributed by atoms with E-state index in [1.54, 1.807) is 0 Å². The van der Waals surface area contributed by atoms with E-state index in [9.17, 15) is 0 Å². The minimum absolute atomic E-state index is 0.590. The first kappa shape index (κ1) is 13.0. The van der Waals surface area contributed by atoms with E-state index in [-0.39, 0.29) is 0 Å². The fraction of sp³-hybridized carbons (Fsp3) is 0.538. The largest absolute Gasteiger partial charge is 0.316 e. The number of halogens is 1. The van der Waals surface area contributed by atoms with Crippen molar-refractivity contribution in [1.82, 2.24) is 5.32 Å². The Morgan fingerprint density at radius 3 is 2.33 bits per heavy atom. The molecule has 0 aliphatic heterocycles. The lowest BCUT2D eigenvalue weighted by atomic mass is 9.91. The lowest BCUT2D eigenvalue weighted by molar-refractivity contribution is 0.451. The zero-order valence-corrected chi connectivity index (χ0v) is 11.9. The Bertz CT molecular complexity index is 281. The van der Waals surface area contributed by atoms with Crippen LogP contribution in [0.2, 0.25) is 0 Å². The number of nitrogens with one attached hydrogen (secondary N) is 1. The first-order chi connectivity index (χ1) is 7.19. The van der Waals surface area contributed by atoms with Gasteiger partial charge in [-0.1, -0.05) is 32.4 Å². The minimum atomic E-state index is 0.590. The predicted octanol–water partition coefficient (Wildman–Crippen LogP) is 3.78. The third-order valence-electron chi connectivity index (χ3n) is 2.97. The third kappa shape index (κ3) is 3.76. The highest BCUT2D eigenvalue weighted by Crippen LogP contribution is 2.22. The summed E-state index contributed by atoms with van der Waals surface area (Å²) in [4.78, 5) is 0. The molecule has 0 aliphatic carbocycles. The van der Waals surface area contributed by atoms with Gasteiger partial charge in [-0.15, -0.1) is 0 Å². The van der Waals surface area contributed by atoms with Crippen molar-refractivity contribution in [2.45, 2.75) is 38.6 Å². The van der Waals surface area contributed by atoms with Crippen molar-refractivity contribution >= 4 is 22.6 Å². The molecule has 2 unspecified atom stereocenters. The van der Waals surface area contributed by atoms with E-state index < -0.39 is 0 Å². The van der Waals surface area contributed by atoms with Gasteiger partial charge in [0, 0.05) is 9.61 Å². The molecule has 1 rings (SSSR count). The van der Waals surface area contributed by atoms with Crippen LogP contribution in [0.25, 0.3) is 0 Å². The second kappa shape index (κ2) is 6.48. The topological polar surface area (TPSA) is 12.0 Å². The molecule has 1 nitrogen and oxygen atoms in total. The van der Waals surface area contributed by atoms with E-state index in [1.165, 1.54) is 22.0 Å². The molecule has 2 atom stereocenters. The standard InChI is InChI=1S/C13H20IN/c1-4-5-13(15-3)10(2)11-6-8-12(14)9-7-11/h6-10,13,15H,4-5H2,1-3H3. The molecule has 0 saturated heterocycles. The Labute approximate surface area is 107 Å². The lowest BCUT2D eigenvalue weighted by Gasteiger charge is -2.23. The molecular weight excluding hydrogens is 297 g/mol. The summed E-state index contributed by atoms with van der Waals surface area (Å²) in [6.45, 7) is 4.55. The molecule has 0 aliphatic rings. The maximum atomic E-state index is 3.41. The molecule has 0 spiro atoms. The Balaban J connectivity index is 2.73. The van der Waals surface area contributed by atoms with Crippen LogP contribution in [-0.4, -0.2) is 13.1 Å². The quantitative estimate of drug-likeness (QED) is 0.815. The molecule has 84 valence electrons. The van der Waals surface area contributed by atoms with Gasteiger partial charge in [-0.25, -0.2) is 0 Å². The highest BCUT2D eigenvalue weighted by atomic mass is 127. The Morgan fingerprint density at radius 2 is 1.87 bits per heavy atom. The van der Waals surface area contributed by atoms with E-state index in [4.69, 9.17) is 0 Å². The van der Waals surface area contributed by atoms with E-state index in [0.29, 0.717) is 12.0 Å². The van der Waals surface area contributed by atoms with Gasteiger partial charge in [-0.2, -0.15) is 0 Å². The van der Waals surface area contributed by atoms with Gasteiger partial charge in [-0.3, -0.25) is 0 Å². The molecule has 1 aromatic carbocycles. The molecule has 1 N–H and O–H groups in total. The molecule has 2 heteroatoms. The first-order valence-corrected chi connectivity index (χ1v) is 6.69. The zero-order chi connectivity index (χ0) is 11.3. The maximum absolute atomic E-state index is 3.41. The van der Waals surface area contributed by atoms with Gasteiger partial charge in [0.05, 0.1) is 0 Å². The van der Waals surface area contributed by atoms with Crippen LogP contribution >= 0.6 is 22.6 Å². The van der Waals surface area contributed by atoms with Crippen LogP contribution in [0.4, 0.5) is 0 Å². The molecule has 0 bridgehead atoms. The van der Waals surface area contributed by atoms with Crippen molar-refractivity contribution in [3.05, 3.63) is 33.4 Å². The number of likely N-dealkylation sites (N-methyl/N-ethyl adjacent to an activating group) is 1. The Hall–Kier alpha value is -0.0900. The van der Waals surface area contributed by atoms with Gasteiger partial charge >= 0.3 is 0 Å². The summed E-state index contributed by atoms with van der Waals surface area (Å²) in [6.07, 6.45) is 2.48. The number of hydrogen-bond donors (Lipinski definition) is 1. The van der Waals surface area contributed by atoms with Gasteiger partial charge in [0.15, 0.2) is 0 Å². The number of benzene rings is 1. The first-order valence-electron chi connectivity index (χ1n) is 5.61. The normalized spacial score (nSPS) is 14.9. The van der Waals surface area contributed by atoms with Crippen LogP contribution in [-0.2, 0) is 0 Å². The zero-order valence-electron chi connectivity index (χ0n) is 9.76. The van der Waals surface area contributed by atoms with Gasteiger partial charge in [-0.05, 0) is 59.7 Å². The lowest BCUT2D eigenvalue weighted by Crippen LogP contribution is -2.30. The summed E-state index contributed by atoms with van der Waals surface area (Å²) in [5.74, 6) is 0.590. The average molecular weight is 317 g/mol. The van der Waals surface area contributed by atoms with Crippen molar-refractivity contribution in [1.29, 1.82) is 0 Å². The van der Waals surface area contributed by atoms with Gasteiger partial charge < -0.3 is 5.32 Å². The van der Waals surface area contributed by atoms with Crippen molar-refractivity contribution in [3.63, 3.8) is 0 Å². The molecule has 15 heavy (non-hydrogen) atoms. The van der Waals surface area contributed by atoms with Crippen LogP contribution in [0.3, 0.4) is 0 Å². The molecule has 0 amide bonds. The summed E-state index contributed by atoms with van der Waals surface area (Å²) in [7, 11) is 2.06. The minimum Gasteiger partial charge on any atom is -0.316 e. The monoisotopic (exact) mass is 317 g/mol. The van der Waals surface area contributed by atoms with Gasteiger partial charge in [0.25, 0.3) is 0 Å². The van der Waals surface area contributed by atoms with E-state index in [0.717, 1.165) is 0 Å². The molecule has 0 fully saturated rings. The highest BCUT2D eigenvalue weighted by molar-refractivity contribution is 14.1. The highest BCUT2D eigenvalue weighted by Gasteiger charge is 2.15. The van der Waals surface area contributed by atoms with Gasteiger partial charge in [0.2, 0.25) is 0 Å². The van der Waals surface area contributed by atoms with Crippen molar-refractivity contribution < 1.29 is 0 Å². The van der Waals surface area contributed by atoms with Crippen LogP contribution in [0.1, 0.15) is 38.2 Å². The smallest absolute Gasteiger partial charge is 0.0130 e. The van der Waals surface area contributed by atoms with Crippen molar-refractivity contribution in [3.8, 4) is 0 Å². The number of hydrogen-bond acceptors (Lipinski definition) is 1. The Kier molecular flexibility index (Phi) is 5.61. The summed E-state index contributed by atoms with van der Waals surface area (Å²) in [5, 5.41) is 3.41. The van der Waals surface area contributed by atoms with Crippen molar-refractivity contribution in [2.75, 3.05) is 7.05 Å². The summed E-state index contributed by atoms with van der Waals surface area (Å²) < 4.78 is 1.31. The summed E-state index contributed by atoms with van der Waals surface area (Å²) in [5.41, 5.74) is 1.43. The predicted molar refractivity (Wildman–Crippen MR) is 75.3 cm³/mol. The fourth-order valence-corrected chi connectivity index (χ4v) is 2.31. The summed E-state index contributed by atoms with van der Waals surface area (Å²) in [6, 6.07) is 9.45. The van der Waals surface area contributed by atoms with Crippen molar-refractivity contribution in [2.24, 2.45) is 0 Å². The molecule has 0 radical (unpaired) electrons. The van der Waals surface area contributed by atoms with E-state index in [1.807, 2.05) is 0 Å². The molecule has 1 aromatic rings. The van der Waals surface area contributed by atoms with E-state index in [2.05, 4.69) is 73.1 Å². The van der Waals surface area contributed by atoms with Gasteiger partial charge in [0.1, 0.15) is 0 Å². The summed E-state index contributed by atoms with van der Waals surface area (Å²) >= 11 is 2.35. The van der Waals surface area contributed by atoms with Crippen LogP contribution in [0.15, 0.2) is 24.3 Å². The SMILES string of the molecule is CCCC(NC)C(C)c1ccc(I)cc1. The van der Waals surface area contributed by atoms with E-state index >= 15 is 0 Å². The molecule has 0 heterocycles. The fourth-order valence-electron chi connectivity index (χ4n) is 1.95. The van der Waals surface area contributed by atoms with Crippen LogP contribution in [0, 0.1) is 3.57 Å². The Morgan fingerprint density at radius 1 is 1.27 bits per heavy atom. The molecular formula is C13H20IN.